The summed E-state index contributed by atoms with van der Waals surface area (Å²) in [5.41, 5.74) is 12.4. The molecule has 4 N–H and O–H groups in total. The number of carbonyl (C=O) groups excluding carboxylic acids is 1. The number of aldehydes is 1. The van der Waals surface area contributed by atoms with Gasteiger partial charge in [-0.05, 0) is 23.6 Å². The molecule has 4 heteroatoms. The number of rotatable bonds is 1. The van der Waals surface area contributed by atoms with Crippen LogP contribution in [0.4, 0.5) is 11.4 Å². The van der Waals surface area contributed by atoms with Gasteiger partial charge in [0, 0.05) is 4.70 Å². The van der Waals surface area contributed by atoms with Gasteiger partial charge >= 0.3 is 0 Å². The summed E-state index contributed by atoms with van der Waals surface area (Å²) in [6, 6.07) is 5.39. The van der Waals surface area contributed by atoms with Crippen LogP contribution >= 0.6 is 11.3 Å². The molecule has 66 valence electrons. The van der Waals surface area contributed by atoms with Crippen molar-refractivity contribution in [2.45, 2.75) is 0 Å². The smallest absolute Gasteiger partial charge is 0.160 e. The Hall–Kier alpha value is -1.55. The van der Waals surface area contributed by atoms with Gasteiger partial charge in [-0.2, -0.15) is 0 Å². The minimum absolute atomic E-state index is 0.558. The zero-order valence-corrected chi connectivity index (χ0v) is 7.60. The number of carbonyl (C=O) groups is 1. The number of thiophene rings is 1. The molecule has 0 fully saturated rings. The van der Waals surface area contributed by atoms with Gasteiger partial charge < -0.3 is 11.5 Å². The van der Waals surface area contributed by atoms with Crippen molar-refractivity contribution in [2.75, 3.05) is 11.5 Å². The lowest BCUT2D eigenvalue weighted by atomic mass is 10.2. The third-order valence-corrected chi connectivity index (χ3v) is 2.88. The van der Waals surface area contributed by atoms with Gasteiger partial charge in [0.15, 0.2) is 6.29 Å². The SMILES string of the molecule is Nc1cc2cc(C=O)sc2cc1N. The van der Waals surface area contributed by atoms with E-state index in [0.717, 1.165) is 16.4 Å². The van der Waals surface area contributed by atoms with E-state index in [1.807, 2.05) is 6.07 Å². The molecule has 0 aliphatic heterocycles. The Bertz CT molecular complexity index is 437. The highest BCUT2D eigenvalue weighted by molar-refractivity contribution is 7.20. The molecule has 2 rings (SSSR count). The molecule has 0 saturated carbocycles. The van der Waals surface area contributed by atoms with Crippen molar-refractivity contribution >= 4 is 39.1 Å². The maximum Gasteiger partial charge on any atom is 0.160 e. The van der Waals surface area contributed by atoms with Gasteiger partial charge in [0.05, 0.1) is 16.3 Å². The van der Waals surface area contributed by atoms with Crippen molar-refractivity contribution in [3.05, 3.63) is 23.1 Å². The fourth-order valence-corrected chi connectivity index (χ4v) is 2.11. The quantitative estimate of drug-likeness (QED) is 0.535. The molecule has 0 saturated heterocycles. The third-order valence-electron chi connectivity index (χ3n) is 1.86. The van der Waals surface area contributed by atoms with Crippen molar-refractivity contribution in [3.63, 3.8) is 0 Å². The van der Waals surface area contributed by atoms with Gasteiger partial charge in [0.1, 0.15) is 0 Å². The van der Waals surface area contributed by atoms with E-state index >= 15 is 0 Å². The minimum Gasteiger partial charge on any atom is -0.397 e. The van der Waals surface area contributed by atoms with Crippen LogP contribution in [0.2, 0.25) is 0 Å². The molecule has 0 atom stereocenters. The molecule has 1 aromatic heterocycles. The molecule has 0 spiro atoms. The number of nitrogens with two attached hydrogens (primary N) is 2. The first-order valence-electron chi connectivity index (χ1n) is 3.74. The Labute approximate surface area is 79.0 Å². The summed E-state index contributed by atoms with van der Waals surface area (Å²) in [6.45, 7) is 0. The van der Waals surface area contributed by atoms with Crippen LogP contribution in [0, 0.1) is 0 Å². The summed E-state index contributed by atoms with van der Waals surface area (Å²) in [7, 11) is 0. The highest BCUT2D eigenvalue weighted by atomic mass is 32.1. The maximum atomic E-state index is 10.5. The molecule has 1 aromatic carbocycles. The Balaban J connectivity index is 2.77. The monoisotopic (exact) mass is 192 g/mol. The molecule has 0 bridgehead atoms. The molecule has 0 aliphatic rings. The van der Waals surface area contributed by atoms with Crippen LogP contribution in [-0.4, -0.2) is 6.29 Å². The summed E-state index contributed by atoms with van der Waals surface area (Å²) in [5, 5.41) is 0.971. The summed E-state index contributed by atoms with van der Waals surface area (Å²) < 4.78 is 0.994. The van der Waals surface area contributed by atoms with E-state index in [1.54, 1.807) is 12.1 Å². The molecule has 13 heavy (non-hydrogen) atoms. The summed E-state index contributed by atoms with van der Waals surface area (Å²) in [6.07, 6.45) is 0.830. The van der Waals surface area contributed by atoms with Crippen LogP contribution in [0.1, 0.15) is 9.67 Å². The number of hydrogen-bond acceptors (Lipinski definition) is 4. The largest absolute Gasteiger partial charge is 0.397 e. The molecule has 0 unspecified atom stereocenters. The highest BCUT2D eigenvalue weighted by Gasteiger charge is 2.03. The topological polar surface area (TPSA) is 69.1 Å². The van der Waals surface area contributed by atoms with Crippen LogP contribution < -0.4 is 11.5 Å². The number of hydrogen-bond donors (Lipinski definition) is 2. The van der Waals surface area contributed by atoms with Crippen molar-refractivity contribution in [3.8, 4) is 0 Å². The van der Waals surface area contributed by atoms with Gasteiger partial charge in [0.25, 0.3) is 0 Å². The minimum atomic E-state index is 0.558. The van der Waals surface area contributed by atoms with E-state index < -0.39 is 0 Å². The van der Waals surface area contributed by atoms with Crippen LogP contribution in [0.25, 0.3) is 10.1 Å². The normalized spacial score (nSPS) is 10.5. The molecular weight excluding hydrogens is 184 g/mol. The average Bonchev–Trinajstić information content (AvgIpc) is 2.48. The van der Waals surface area contributed by atoms with Crippen molar-refractivity contribution in [1.82, 2.24) is 0 Å². The molecule has 1 heterocycles. The second-order valence-electron chi connectivity index (χ2n) is 2.79. The van der Waals surface area contributed by atoms with Crippen molar-refractivity contribution in [1.29, 1.82) is 0 Å². The molecule has 0 radical (unpaired) electrons. The fourth-order valence-electron chi connectivity index (χ4n) is 1.20. The van der Waals surface area contributed by atoms with E-state index in [-0.39, 0.29) is 0 Å². The van der Waals surface area contributed by atoms with Crippen molar-refractivity contribution in [2.24, 2.45) is 0 Å². The summed E-state index contributed by atoms with van der Waals surface area (Å²) in [5.74, 6) is 0. The first kappa shape index (κ1) is 8.07. The Morgan fingerprint density at radius 3 is 2.54 bits per heavy atom. The zero-order chi connectivity index (χ0) is 9.42. The second-order valence-corrected chi connectivity index (χ2v) is 3.90. The van der Waals surface area contributed by atoms with Crippen molar-refractivity contribution < 1.29 is 4.79 Å². The van der Waals surface area contributed by atoms with Gasteiger partial charge in [-0.1, -0.05) is 0 Å². The first-order chi connectivity index (χ1) is 6.20. The Morgan fingerprint density at radius 2 is 1.85 bits per heavy atom. The predicted octanol–water partition coefficient (Wildman–Crippen LogP) is 1.88. The molecular formula is C9H8N2OS. The second kappa shape index (κ2) is 2.74. The fraction of sp³-hybridized carbons (Fsp3) is 0. The predicted molar refractivity (Wildman–Crippen MR) is 56.0 cm³/mol. The Kier molecular flexibility index (Phi) is 1.70. The lowest BCUT2D eigenvalue weighted by molar-refractivity contribution is 0.112. The van der Waals surface area contributed by atoms with E-state index in [0.29, 0.717) is 16.3 Å². The van der Waals surface area contributed by atoms with Crippen LogP contribution in [-0.2, 0) is 0 Å². The number of benzene rings is 1. The zero-order valence-electron chi connectivity index (χ0n) is 6.78. The van der Waals surface area contributed by atoms with Gasteiger partial charge in [-0.3, -0.25) is 4.79 Å². The van der Waals surface area contributed by atoms with Crippen LogP contribution in [0.5, 0.6) is 0 Å². The van der Waals surface area contributed by atoms with Gasteiger partial charge in [-0.25, -0.2) is 0 Å². The van der Waals surface area contributed by atoms with E-state index in [2.05, 4.69) is 0 Å². The summed E-state index contributed by atoms with van der Waals surface area (Å²) >= 11 is 1.42. The number of fused-ring (bicyclic) bond motifs is 1. The first-order valence-corrected chi connectivity index (χ1v) is 4.56. The van der Waals surface area contributed by atoms with Gasteiger partial charge in [-0.15, -0.1) is 11.3 Å². The third kappa shape index (κ3) is 1.25. The highest BCUT2D eigenvalue weighted by Crippen LogP contribution is 2.29. The van der Waals surface area contributed by atoms with Gasteiger partial charge in [0.2, 0.25) is 0 Å². The lowest BCUT2D eigenvalue weighted by Crippen LogP contribution is -1.92. The average molecular weight is 192 g/mol. The molecule has 3 nitrogen and oxygen atoms in total. The molecule has 0 aliphatic carbocycles. The standard InChI is InChI=1S/C9H8N2OS/c10-7-2-5-1-6(4-12)13-9(5)3-8(7)11/h1-4H,10-11H2. The van der Waals surface area contributed by atoms with Crippen LogP contribution in [0.15, 0.2) is 18.2 Å². The number of anilines is 2. The molecule has 0 amide bonds. The van der Waals surface area contributed by atoms with Crippen LogP contribution in [0.3, 0.4) is 0 Å². The Morgan fingerprint density at radius 1 is 1.15 bits per heavy atom. The summed E-state index contributed by atoms with van der Waals surface area (Å²) in [4.78, 5) is 11.2. The maximum absolute atomic E-state index is 10.5. The lowest BCUT2D eigenvalue weighted by Gasteiger charge is -1.98. The van der Waals surface area contributed by atoms with E-state index in [9.17, 15) is 4.79 Å². The van der Waals surface area contributed by atoms with E-state index in [4.69, 9.17) is 11.5 Å². The van der Waals surface area contributed by atoms with E-state index in [1.165, 1.54) is 11.3 Å². The molecule has 2 aromatic rings. The number of nitrogen functional groups attached to an aromatic ring is 2.